The fourth-order valence-electron chi connectivity index (χ4n) is 1.35. The fourth-order valence-corrected chi connectivity index (χ4v) is 1.35. The first-order chi connectivity index (χ1) is 9.19. The number of nitrogens with zero attached hydrogens (tertiary/aromatic N) is 2. The van der Waals surface area contributed by atoms with E-state index in [0.29, 0.717) is 24.9 Å². The smallest absolute Gasteiger partial charge is 0.220 e. The van der Waals surface area contributed by atoms with Gasteiger partial charge in [0.25, 0.3) is 0 Å². The second-order valence-electron chi connectivity index (χ2n) is 4.00. The van der Waals surface area contributed by atoms with Crippen molar-refractivity contribution in [2.24, 2.45) is 0 Å². The molecule has 0 radical (unpaired) electrons. The Morgan fingerprint density at radius 3 is 2.84 bits per heavy atom. The average Bonchev–Trinajstić information content (AvgIpc) is 2.42. The van der Waals surface area contributed by atoms with Crippen molar-refractivity contribution in [1.82, 2.24) is 9.97 Å². The summed E-state index contributed by atoms with van der Waals surface area (Å²) in [4.78, 5) is 8.64. The first kappa shape index (κ1) is 15.3. The van der Waals surface area contributed by atoms with Crippen LogP contribution in [0.3, 0.4) is 0 Å². The van der Waals surface area contributed by atoms with Crippen LogP contribution in [0.25, 0.3) is 0 Å². The molecular formula is C14H21N3O2. The van der Waals surface area contributed by atoms with E-state index in [-0.39, 0.29) is 6.10 Å². The lowest BCUT2D eigenvalue weighted by Crippen LogP contribution is -2.12. The van der Waals surface area contributed by atoms with Crippen LogP contribution in [-0.4, -0.2) is 29.2 Å². The van der Waals surface area contributed by atoms with Crippen molar-refractivity contribution in [3.8, 4) is 18.2 Å². The van der Waals surface area contributed by atoms with Gasteiger partial charge in [-0.3, -0.25) is 0 Å². The Bertz CT molecular complexity index is 403. The average molecular weight is 263 g/mol. The molecule has 0 bridgehead atoms. The Morgan fingerprint density at radius 2 is 2.21 bits per heavy atom. The van der Waals surface area contributed by atoms with E-state index >= 15 is 0 Å². The zero-order chi connectivity index (χ0) is 14.1. The van der Waals surface area contributed by atoms with Crippen molar-refractivity contribution in [1.29, 1.82) is 0 Å². The quantitative estimate of drug-likeness (QED) is 0.729. The van der Waals surface area contributed by atoms with Crippen molar-refractivity contribution in [3.05, 3.63) is 11.9 Å². The molecule has 1 unspecified atom stereocenters. The van der Waals surface area contributed by atoms with Gasteiger partial charge in [0.05, 0.1) is 0 Å². The van der Waals surface area contributed by atoms with Gasteiger partial charge in [-0.05, 0) is 20.3 Å². The van der Waals surface area contributed by atoms with Gasteiger partial charge in [-0.15, -0.1) is 6.42 Å². The van der Waals surface area contributed by atoms with E-state index in [1.807, 2.05) is 6.92 Å². The first-order valence-corrected chi connectivity index (χ1v) is 6.51. The third-order valence-electron chi connectivity index (χ3n) is 2.27. The molecule has 1 aromatic heterocycles. The zero-order valence-electron chi connectivity index (χ0n) is 11.8. The van der Waals surface area contributed by atoms with Gasteiger partial charge in [0.1, 0.15) is 12.4 Å². The number of hydrogen-bond donors (Lipinski definition) is 1. The molecule has 0 amide bonds. The predicted octanol–water partition coefficient (Wildman–Crippen LogP) is 2.24. The van der Waals surface area contributed by atoms with Crippen LogP contribution < -0.4 is 10.1 Å². The monoisotopic (exact) mass is 263 g/mol. The molecule has 1 rings (SSSR count). The van der Waals surface area contributed by atoms with E-state index in [1.165, 1.54) is 0 Å². The topological polar surface area (TPSA) is 56.3 Å². The lowest BCUT2D eigenvalue weighted by Gasteiger charge is -2.12. The van der Waals surface area contributed by atoms with E-state index in [2.05, 4.69) is 28.1 Å². The first-order valence-electron chi connectivity index (χ1n) is 6.51. The Morgan fingerprint density at radius 1 is 1.42 bits per heavy atom. The number of nitrogens with one attached hydrogen (secondary N) is 1. The molecular weight excluding hydrogens is 242 g/mol. The Balaban J connectivity index is 2.85. The van der Waals surface area contributed by atoms with Gasteiger partial charge >= 0.3 is 0 Å². The molecule has 0 fully saturated rings. The maximum atomic E-state index is 5.52. The van der Waals surface area contributed by atoms with Crippen LogP contribution in [0.1, 0.15) is 33.0 Å². The van der Waals surface area contributed by atoms with E-state index in [4.69, 9.17) is 15.9 Å². The number of ether oxygens (including phenoxy) is 2. The van der Waals surface area contributed by atoms with Gasteiger partial charge in [-0.2, -0.15) is 4.98 Å². The summed E-state index contributed by atoms with van der Waals surface area (Å²) in [6.07, 6.45) is 5.99. The molecule has 0 aliphatic heterocycles. The van der Waals surface area contributed by atoms with Crippen LogP contribution in [0.4, 0.5) is 5.82 Å². The second kappa shape index (κ2) is 8.33. The highest BCUT2D eigenvalue weighted by atomic mass is 16.5. The summed E-state index contributed by atoms with van der Waals surface area (Å²) >= 11 is 0. The highest BCUT2D eigenvalue weighted by Crippen LogP contribution is 2.15. The molecule has 104 valence electrons. The minimum atomic E-state index is -0.325. The van der Waals surface area contributed by atoms with Gasteiger partial charge < -0.3 is 14.8 Å². The highest BCUT2D eigenvalue weighted by molar-refractivity contribution is 5.38. The molecule has 5 nitrogen and oxygen atoms in total. The number of hydrogen-bond acceptors (Lipinski definition) is 5. The molecule has 1 heterocycles. The molecule has 1 aromatic rings. The molecule has 0 aliphatic rings. The molecule has 0 aromatic carbocycles. The molecule has 0 saturated carbocycles. The van der Waals surface area contributed by atoms with Gasteiger partial charge in [-0.25, -0.2) is 4.98 Å². The normalized spacial score (nSPS) is 11.7. The van der Waals surface area contributed by atoms with Crippen molar-refractivity contribution in [3.63, 3.8) is 0 Å². The summed E-state index contributed by atoms with van der Waals surface area (Å²) in [5, 5.41) is 3.20. The summed E-state index contributed by atoms with van der Waals surface area (Å²) in [6, 6.07) is 1.75. The number of aromatic nitrogens is 2. The van der Waals surface area contributed by atoms with Gasteiger partial charge in [-0.1, -0.05) is 12.8 Å². The van der Waals surface area contributed by atoms with E-state index in [1.54, 1.807) is 13.0 Å². The Kier molecular flexibility index (Phi) is 6.69. The maximum Gasteiger partial charge on any atom is 0.220 e. The highest BCUT2D eigenvalue weighted by Gasteiger charge is 2.08. The van der Waals surface area contributed by atoms with Gasteiger partial charge in [0, 0.05) is 19.2 Å². The lowest BCUT2D eigenvalue weighted by molar-refractivity contribution is 0.127. The van der Waals surface area contributed by atoms with Crippen LogP contribution >= 0.6 is 0 Å². The lowest BCUT2D eigenvalue weighted by atomic mass is 10.4. The molecule has 1 atom stereocenters. The van der Waals surface area contributed by atoms with Crippen LogP contribution in [0.15, 0.2) is 6.07 Å². The Labute approximate surface area is 114 Å². The van der Waals surface area contributed by atoms with Gasteiger partial charge in [0.15, 0.2) is 11.9 Å². The standard InChI is InChI=1S/C14H21N3O2/c1-5-8-15-12-9-14(19-11(4)6-2)17-13(16-12)10-18-7-3/h2,9,11H,5,7-8,10H2,1,3-4H3,(H,15,16,17). The van der Waals surface area contributed by atoms with Crippen LogP contribution in [-0.2, 0) is 11.3 Å². The van der Waals surface area contributed by atoms with E-state index < -0.39 is 0 Å². The summed E-state index contributed by atoms with van der Waals surface area (Å²) < 4.78 is 10.8. The minimum absolute atomic E-state index is 0.325. The van der Waals surface area contributed by atoms with E-state index in [0.717, 1.165) is 18.8 Å². The molecule has 0 spiro atoms. The van der Waals surface area contributed by atoms with Crippen molar-refractivity contribution in [2.75, 3.05) is 18.5 Å². The summed E-state index contributed by atoms with van der Waals surface area (Å²) in [6.45, 7) is 7.63. The third-order valence-corrected chi connectivity index (χ3v) is 2.27. The number of anilines is 1. The molecule has 19 heavy (non-hydrogen) atoms. The second-order valence-corrected chi connectivity index (χ2v) is 4.00. The largest absolute Gasteiger partial charge is 0.461 e. The van der Waals surface area contributed by atoms with E-state index in [9.17, 15) is 0 Å². The van der Waals surface area contributed by atoms with Crippen molar-refractivity contribution < 1.29 is 9.47 Å². The van der Waals surface area contributed by atoms with Crippen LogP contribution in [0.2, 0.25) is 0 Å². The van der Waals surface area contributed by atoms with Gasteiger partial charge in [0.2, 0.25) is 5.88 Å². The maximum absolute atomic E-state index is 5.52. The van der Waals surface area contributed by atoms with Crippen molar-refractivity contribution in [2.45, 2.75) is 39.9 Å². The molecule has 1 N–H and O–H groups in total. The van der Waals surface area contributed by atoms with Crippen LogP contribution in [0, 0.1) is 12.3 Å². The summed E-state index contributed by atoms with van der Waals surface area (Å²) in [7, 11) is 0. The minimum Gasteiger partial charge on any atom is -0.461 e. The SMILES string of the molecule is C#CC(C)Oc1cc(NCCC)nc(COCC)n1. The summed E-state index contributed by atoms with van der Waals surface area (Å²) in [5.41, 5.74) is 0. The zero-order valence-corrected chi connectivity index (χ0v) is 11.8. The molecule has 0 aliphatic carbocycles. The summed E-state index contributed by atoms with van der Waals surface area (Å²) in [5.74, 6) is 4.28. The van der Waals surface area contributed by atoms with Crippen molar-refractivity contribution >= 4 is 5.82 Å². The number of terminal acetylenes is 1. The third kappa shape index (κ3) is 5.58. The molecule has 5 heteroatoms. The Hall–Kier alpha value is -1.80. The number of rotatable bonds is 8. The molecule has 0 saturated heterocycles. The predicted molar refractivity (Wildman–Crippen MR) is 75.1 cm³/mol. The van der Waals surface area contributed by atoms with Crippen LogP contribution in [0.5, 0.6) is 5.88 Å². The fraction of sp³-hybridized carbons (Fsp3) is 0.571.